The first-order valence-electron chi connectivity index (χ1n) is 6.15. The van der Waals surface area contributed by atoms with Crippen LogP contribution in [0.1, 0.15) is 31.7 Å². The molecule has 1 rings (SSSR count). The molecule has 1 atom stereocenters. The van der Waals surface area contributed by atoms with Gasteiger partial charge in [0.2, 0.25) is 0 Å². The smallest absolute Gasteiger partial charge is 0.126 e. The molecule has 1 N–H and O–H groups in total. The minimum absolute atomic E-state index is 0.481. The first kappa shape index (κ1) is 13.8. The van der Waals surface area contributed by atoms with Gasteiger partial charge in [0, 0.05) is 6.07 Å². The lowest BCUT2D eigenvalue weighted by Gasteiger charge is -2.16. The van der Waals surface area contributed by atoms with Crippen molar-refractivity contribution in [1.29, 1.82) is 0 Å². The third-order valence-electron chi connectivity index (χ3n) is 2.98. The van der Waals surface area contributed by atoms with Crippen LogP contribution in [0.3, 0.4) is 0 Å². The van der Waals surface area contributed by atoms with Crippen molar-refractivity contribution in [2.24, 2.45) is 0 Å². The molecule has 0 aliphatic rings. The molecular weight excluding hydrogens is 214 g/mol. The fourth-order valence-electron chi connectivity index (χ4n) is 1.88. The maximum atomic E-state index is 5.41. The Hall–Kier alpha value is -1.22. The van der Waals surface area contributed by atoms with E-state index in [1.807, 2.05) is 12.1 Å². The molecule has 0 heterocycles. The largest absolute Gasteiger partial charge is 0.497 e. The highest BCUT2D eigenvalue weighted by molar-refractivity contribution is 5.42. The van der Waals surface area contributed by atoms with E-state index in [4.69, 9.17) is 9.47 Å². The SMILES string of the molecule is CCNCCC(C)c1ccc(OC)cc1OC. The Kier molecular flexibility index (Phi) is 5.84. The molecule has 17 heavy (non-hydrogen) atoms. The second-order valence-electron chi connectivity index (χ2n) is 4.15. The summed E-state index contributed by atoms with van der Waals surface area (Å²) in [6, 6.07) is 6.02. The van der Waals surface area contributed by atoms with Crippen molar-refractivity contribution in [3.05, 3.63) is 23.8 Å². The predicted molar refractivity (Wildman–Crippen MR) is 71.1 cm³/mol. The normalized spacial score (nSPS) is 12.2. The van der Waals surface area contributed by atoms with Gasteiger partial charge in [-0.25, -0.2) is 0 Å². The van der Waals surface area contributed by atoms with E-state index >= 15 is 0 Å². The fraction of sp³-hybridized carbons (Fsp3) is 0.571. The van der Waals surface area contributed by atoms with E-state index in [0.717, 1.165) is 31.0 Å². The first-order chi connectivity index (χ1) is 8.22. The van der Waals surface area contributed by atoms with Crippen LogP contribution in [-0.2, 0) is 0 Å². The number of rotatable bonds is 7. The molecule has 0 radical (unpaired) electrons. The Morgan fingerprint density at radius 2 is 2.00 bits per heavy atom. The van der Waals surface area contributed by atoms with Gasteiger partial charge < -0.3 is 14.8 Å². The summed E-state index contributed by atoms with van der Waals surface area (Å²) in [4.78, 5) is 0. The van der Waals surface area contributed by atoms with Crippen molar-refractivity contribution in [2.75, 3.05) is 27.3 Å². The molecule has 0 amide bonds. The lowest BCUT2D eigenvalue weighted by molar-refractivity contribution is 0.388. The topological polar surface area (TPSA) is 30.5 Å². The van der Waals surface area contributed by atoms with E-state index < -0.39 is 0 Å². The van der Waals surface area contributed by atoms with Crippen LogP contribution in [0, 0.1) is 0 Å². The van der Waals surface area contributed by atoms with Crippen LogP contribution in [0.2, 0.25) is 0 Å². The highest BCUT2D eigenvalue weighted by Crippen LogP contribution is 2.31. The average molecular weight is 237 g/mol. The van der Waals surface area contributed by atoms with Crippen LogP contribution in [0.5, 0.6) is 11.5 Å². The number of benzene rings is 1. The Morgan fingerprint density at radius 3 is 2.59 bits per heavy atom. The Labute approximate surface area is 104 Å². The van der Waals surface area contributed by atoms with Crippen molar-refractivity contribution in [3.63, 3.8) is 0 Å². The van der Waals surface area contributed by atoms with Crippen molar-refractivity contribution < 1.29 is 9.47 Å². The van der Waals surface area contributed by atoms with E-state index in [1.54, 1.807) is 14.2 Å². The molecule has 0 saturated heterocycles. The molecule has 0 fully saturated rings. The third-order valence-corrected chi connectivity index (χ3v) is 2.98. The number of methoxy groups -OCH3 is 2. The minimum Gasteiger partial charge on any atom is -0.497 e. The molecule has 0 aliphatic heterocycles. The van der Waals surface area contributed by atoms with Crippen LogP contribution >= 0.6 is 0 Å². The average Bonchev–Trinajstić information content (AvgIpc) is 2.38. The van der Waals surface area contributed by atoms with Crippen LogP contribution in [-0.4, -0.2) is 27.3 Å². The zero-order valence-electron chi connectivity index (χ0n) is 11.2. The zero-order valence-corrected chi connectivity index (χ0v) is 11.2. The summed E-state index contributed by atoms with van der Waals surface area (Å²) < 4.78 is 10.6. The lowest BCUT2D eigenvalue weighted by Crippen LogP contribution is -2.16. The van der Waals surface area contributed by atoms with Gasteiger partial charge in [-0.05, 0) is 37.1 Å². The highest BCUT2D eigenvalue weighted by atomic mass is 16.5. The van der Waals surface area contributed by atoms with Crippen molar-refractivity contribution in [3.8, 4) is 11.5 Å². The number of hydrogen-bond donors (Lipinski definition) is 1. The van der Waals surface area contributed by atoms with Gasteiger partial charge in [-0.2, -0.15) is 0 Å². The van der Waals surface area contributed by atoms with Gasteiger partial charge in [0.1, 0.15) is 11.5 Å². The Morgan fingerprint density at radius 1 is 1.24 bits per heavy atom. The molecule has 1 aromatic rings. The summed E-state index contributed by atoms with van der Waals surface area (Å²) in [5.74, 6) is 2.23. The van der Waals surface area contributed by atoms with Gasteiger partial charge in [0.25, 0.3) is 0 Å². The van der Waals surface area contributed by atoms with Crippen molar-refractivity contribution in [1.82, 2.24) is 5.32 Å². The monoisotopic (exact) mass is 237 g/mol. The maximum Gasteiger partial charge on any atom is 0.126 e. The quantitative estimate of drug-likeness (QED) is 0.740. The van der Waals surface area contributed by atoms with E-state index in [-0.39, 0.29) is 0 Å². The Bertz CT molecular complexity index is 339. The lowest BCUT2D eigenvalue weighted by atomic mass is 9.96. The molecule has 0 spiro atoms. The molecule has 3 heteroatoms. The summed E-state index contributed by atoms with van der Waals surface area (Å²) in [6.45, 7) is 6.40. The predicted octanol–water partition coefficient (Wildman–Crippen LogP) is 2.81. The molecule has 1 aromatic carbocycles. The van der Waals surface area contributed by atoms with E-state index in [9.17, 15) is 0 Å². The van der Waals surface area contributed by atoms with Gasteiger partial charge in [0.15, 0.2) is 0 Å². The molecular formula is C14H23NO2. The molecule has 96 valence electrons. The summed E-state index contributed by atoms with van der Waals surface area (Å²) in [5.41, 5.74) is 1.24. The van der Waals surface area contributed by atoms with Gasteiger partial charge >= 0.3 is 0 Å². The van der Waals surface area contributed by atoms with E-state index in [0.29, 0.717) is 5.92 Å². The fourth-order valence-corrected chi connectivity index (χ4v) is 1.88. The molecule has 1 unspecified atom stereocenters. The van der Waals surface area contributed by atoms with Crippen LogP contribution in [0.25, 0.3) is 0 Å². The molecule has 0 aromatic heterocycles. The molecule has 3 nitrogen and oxygen atoms in total. The summed E-state index contributed by atoms with van der Waals surface area (Å²) in [6.07, 6.45) is 1.11. The van der Waals surface area contributed by atoms with Crippen molar-refractivity contribution >= 4 is 0 Å². The van der Waals surface area contributed by atoms with Gasteiger partial charge in [-0.15, -0.1) is 0 Å². The van der Waals surface area contributed by atoms with Crippen LogP contribution in [0.15, 0.2) is 18.2 Å². The minimum atomic E-state index is 0.481. The maximum absolute atomic E-state index is 5.41. The second kappa shape index (κ2) is 7.17. The van der Waals surface area contributed by atoms with Crippen molar-refractivity contribution in [2.45, 2.75) is 26.2 Å². The van der Waals surface area contributed by atoms with E-state index in [2.05, 4.69) is 25.2 Å². The van der Waals surface area contributed by atoms with Crippen LogP contribution in [0.4, 0.5) is 0 Å². The Balaban J connectivity index is 2.74. The van der Waals surface area contributed by atoms with Crippen LogP contribution < -0.4 is 14.8 Å². The summed E-state index contributed by atoms with van der Waals surface area (Å²) in [7, 11) is 3.37. The van der Waals surface area contributed by atoms with E-state index in [1.165, 1.54) is 5.56 Å². The summed E-state index contributed by atoms with van der Waals surface area (Å²) in [5, 5.41) is 3.34. The molecule has 0 aliphatic carbocycles. The zero-order chi connectivity index (χ0) is 12.7. The number of hydrogen-bond acceptors (Lipinski definition) is 3. The number of ether oxygens (including phenoxy) is 2. The molecule has 0 bridgehead atoms. The second-order valence-corrected chi connectivity index (χ2v) is 4.15. The van der Waals surface area contributed by atoms with Gasteiger partial charge in [-0.3, -0.25) is 0 Å². The molecule has 0 saturated carbocycles. The number of nitrogens with one attached hydrogen (secondary N) is 1. The van der Waals surface area contributed by atoms with Gasteiger partial charge in [0.05, 0.1) is 14.2 Å². The summed E-state index contributed by atoms with van der Waals surface area (Å²) >= 11 is 0. The van der Waals surface area contributed by atoms with Gasteiger partial charge in [-0.1, -0.05) is 19.9 Å². The standard InChI is InChI=1S/C14H23NO2/c1-5-15-9-8-11(2)13-7-6-12(16-3)10-14(13)17-4/h6-7,10-11,15H,5,8-9H2,1-4H3. The third kappa shape index (κ3) is 3.93. The highest BCUT2D eigenvalue weighted by Gasteiger charge is 2.11. The first-order valence-corrected chi connectivity index (χ1v) is 6.15.